The second-order valence-corrected chi connectivity index (χ2v) is 14.4. The molecule has 0 aliphatic carbocycles. The highest BCUT2D eigenvalue weighted by Crippen LogP contribution is 2.40. The normalized spacial score (nSPS) is 12.1. The molecule has 2 rings (SSSR count). The van der Waals surface area contributed by atoms with Crippen LogP contribution in [-0.2, 0) is 6.54 Å². The highest BCUT2D eigenvalue weighted by molar-refractivity contribution is 9.10. The van der Waals surface area contributed by atoms with Crippen LogP contribution in [0.4, 0.5) is 0 Å². The van der Waals surface area contributed by atoms with E-state index in [2.05, 4.69) is 34.8 Å². The molecule has 0 saturated carbocycles. The number of hydrogen-bond donors (Lipinski definition) is 2. The van der Waals surface area contributed by atoms with Crippen molar-refractivity contribution in [3.8, 4) is 0 Å². The van der Waals surface area contributed by atoms with E-state index in [9.17, 15) is 14.4 Å². The standard InChI is InChI=1S/C23H33BrN2O3Si/c1-17-15-19(24)21(27)25-20(17)22(28)26(16-18-11-7-6-8-12-18)14-10-9-13-23(2,3)30(4,5)29/h6-8,11-12,15,29H,9-10,13-14,16H2,1-5H3,(H,25,27). The Kier molecular flexibility index (Phi) is 8.25. The summed E-state index contributed by atoms with van der Waals surface area (Å²) in [4.78, 5) is 40.4. The molecule has 0 aliphatic rings. The number of hydrogen-bond acceptors (Lipinski definition) is 3. The Morgan fingerprint density at radius 1 is 1.20 bits per heavy atom. The number of carbonyl (C=O) groups excluding carboxylic acids is 1. The highest BCUT2D eigenvalue weighted by Gasteiger charge is 2.37. The third-order valence-electron chi connectivity index (χ3n) is 6.05. The van der Waals surface area contributed by atoms with E-state index in [1.165, 1.54) is 0 Å². The number of amides is 1. The Morgan fingerprint density at radius 3 is 2.43 bits per heavy atom. The molecule has 0 fully saturated rings. The average molecular weight is 494 g/mol. The molecular formula is C23H33BrN2O3Si. The number of aromatic nitrogens is 1. The van der Waals surface area contributed by atoms with Gasteiger partial charge in [-0.1, -0.05) is 50.6 Å². The summed E-state index contributed by atoms with van der Waals surface area (Å²) in [5, 5.41) is -0.0746. The molecule has 2 aromatic rings. The van der Waals surface area contributed by atoms with E-state index in [1.807, 2.05) is 50.3 Å². The number of nitrogens with zero attached hydrogens (tertiary/aromatic N) is 1. The molecule has 30 heavy (non-hydrogen) atoms. The summed E-state index contributed by atoms with van der Waals surface area (Å²) in [7, 11) is -2.24. The first-order chi connectivity index (χ1) is 13.9. The van der Waals surface area contributed by atoms with Gasteiger partial charge in [0, 0.05) is 13.1 Å². The lowest BCUT2D eigenvalue weighted by atomic mass is 10.0. The molecule has 1 aromatic heterocycles. The number of benzene rings is 1. The summed E-state index contributed by atoms with van der Waals surface area (Å²) < 4.78 is 0.421. The van der Waals surface area contributed by atoms with Crippen molar-refractivity contribution in [3.63, 3.8) is 0 Å². The first kappa shape index (κ1) is 24.6. The predicted octanol–water partition coefficient (Wildman–Crippen LogP) is 5.24. The Balaban J connectivity index is 2.16. The minimum atomic E-state index is -2.24. The zero-order valence-electron chi connectivity index (χ0n) is 18.6. The number of aromatic amines is 1. The molecule has 0 bridgehead atoms. The van der Waals surface area contributed by atoms with Crippen LogP contribution in [0.2, 0.25) is 18.1 Å². The van der Waals surface area contributed by atoms with Crippen LogP contribution in [0, 0.1) is 6.92 Å². The van der Waals surface area contributed by atoms with Crippen LogP contribution in [0.25, 0.3) is 0 Å². The molecule has 0 radical (unpaired) electrons. The number of nitrogens with one attached hydrogen (secondary N) is 1. The molecule has 164 valence electrons. The molecule has 0 unspecified atom stereocenters. The fraction of sp³-hybridized carbons (Fsp3) is 0.478. The third-order valence-corrected chi connectivity index (χ3v) is 10.2. The quantitative estimate of drug-likeness (QED) is 0.371. The number of halogens is 1. The van der Waals surface area contributed by atoms with Crippen molar-refractivity contribution < 1.29 is 9.59 Å². The van der Waals surface area contributed by atoms with Crippen LogP contribution >= 0.6 is 15.9 Å². The summed E-state index contributed by atoms with van der Waals surface area (Å²) in [6.45, 7) is 11.1. The number of carbonyl (C=O) groups is 1. The van der Waals surface area contributed by atoms with Gasteiger partial charge < -0.3 is 14.7 Å². The monoisotopic (exact) mass is 492 g/mol. The van der Waals surface area contributed by atoms with Crippen molar-refractivity contribution in [1.82, 2.24) is 9.88 Å². The van der Waals surface area contributed by atoms with Crippen molar-refractivity contribution in [1.29, 1.82) is 0 Å². The molecule has 0 atom stereocenters. The molecular weight excluding hydrogens is 460 g/mol. The van der Waals surface area contributed by atoms with E-state index >= 15 is 0 Å². The van der Waals surface area contributed by atoms with Crippen molar-refractivity contribution in [2.24, 2.45) is 0 Å². The van der Waals surface area contributed by atoms with Gasteiger partial charge in [-0.05, 0) is 71.0 Å². The fourth-order valence-electron chi connectivity index (χ4n) is 3.21. The molecule has 0 spiro atoms. The first-order valence-electron chi connectivity index (χ1n) is 10.4. The maximum Gasteiger partial charge on any atom is 0.270 e. The summed E-state index contributed by atoms with van der Waals surface area (Å²) in [5.74, 6) is -0.169. The lowest BCUT2D eigenvalue weighted by Gasteiger charge is -2.35. The number of H-pyrrole nitrogens is 1. The smallest absolute Gasteiger partial charge is 0.270 e. The SMILES string of the molecule is Cc1cc(Br)c(=O)[nH]c1C(=O)N(CCCCC(C)(C)[Si](C)(C)O)Cc1ccccc1. The molecule has 1 amide bonds. The fourth-order valence-corrected chi connectivity index (χ4v) is 4.44. The van der Waals surface area contributed by atoms with E-state index in [1.54, 1.807) is 11.0 Å². The number of pyridine rings is 1. The number of aryl methyl sites for hydroxylation is 1. The van der Waals surface area contributed by atoms with Gasteiger partial charge in [-0.25, -0.2) is 0 Å². The molecule has 2 N–H and O–H groups in total. The Hall–Kier alpha value is -1.70. The summed E-state index contributed by atoms with van der Waals surface area (Å²) in [6, 6.07) is 11.6. The zero-order valence-corrected chi connectivity index (χ0v) is 21.2. The van der Waals surface area contributed by atoms with Crippen LogP contribution in [0.1, 0.15) is 54.7 Å². The van der Waals surface area contributed by atoms with Crippen LogP contribution in [0.15, 0.2) is 45.7 Å². The third kappa shape index (κ3) is 6.40. The lowest BCUT2D eigenvalue weighted by Crippen LogP contribution is -2.39. The van der Waals surface area contributed by atoms with Gasteiger partial charge in [0.05, 0.1) is 4.47 Å². The number of unbranched alkanes of at least 4 members (excludes halogenated alkanes) is 1. The van der Waals surface area contributed by atoms with Gasteiger partial charge in [0.2, 0.25) is 0 Å². The maximum atomic E-state index is 13.3. The van der Waals surface area contributed by atoms with Crippen LogP contribution in [0.5, 0.6) is 0 Å². The predicted molar refractivity (Wildman–Crippen MR) is 128 cm³/mol. The van der Waals surface area contributed by atoms with Gasteiger partial charge in [0.25, 0.3) is 11.5 Å². The van der Waals surface area contributed by atoms with E-state index in [0.29, 0.717) is 23.3 Å². The van der Waals surface area contributed by atoms with E-state index in [0.717, 1.165) is 30.4 Å². The Bertz CT molecular complexity index is 920. The van der Waals surface area contributed by atoms with Gasteiger partial charge in [-0.15, -0.1) is 0 Å². The second kappa shape index (κ2) is 10.1. The zero-order chi connectivity index (χ0) is 22.5. The number of rotatable bonds is 9. The Labute approximate surface area is 188 Å². The van der Waals surface area contributed by atoms with E-state index in [-0.39, 0.29) is 16.5 Å². The van der Waals surface area contributed by atoms with Crippen molar-refractivity contribution >= 4 is 30.2 Å². The first-order valence-corrected chi connectivity index (χ1v) is 14.1. The Morgan fingerprint density at radius 2 is 1.83 bits per heavy atom. The summed E-state index contributed by atoms with van der Waals surface area (Å²) >= 11 is 3.22. The molecule has 5 nitrogen and oxygen atoms in total. The van der Waals surface area contributed by atoms with Crippen molar-refractivity contribution in [2.45, 2.75) is 64.7 Å². The lowest BCUT2D eigenvalue weighted by molar-refractivity contribution is 0.0732. The van der Waals surface area contributed by atoms with Crippen LogP contribution in [0.3, 0.4) is 0 Å². The van der Waals surface area contributed by atoms with Crippen molar-refractivity contribution in [3.05, 3.63) is 68.0 Å². The second-order valence-electron chi connectivity index (χ2n) is 9.12. The van der Waals surface area contributed by atoms with E-state index in [4.69, 9.17) is 0 Å². The topological polar surface area (TPSA) is 73.4 Å². The minimum absolute atomic E-state index is 0.0746. The maximum absolute atomic E-state index is 13.3. The average Bonchev–Trinajstić information content (AvgIpc) is 2.66. The van der Waals surface area contributed by atoms with Crippen LogP contribution < -0.4 is 5.56 Å². The minimum Gasteiger partial charge on any atom is -0.432 e. The molecule has 0 saturated heterocycles. The molecule has 7 heteroatoms. The summed E-state index contributed by atoms with van der Waals surface area (Å²) in [6.07, 6.45) is 2.69. The highest BCUT2D eigenvalue weighted by atomic mass is 79.9. The summed E-state index contributed by atoms with van der Waals surface area (Å²) in [5.41, 5.74) is 1.81. The van der Waals surface area contributed by atoms with Crippen LogP contribution in [-0.4, -0.2) is 35.4 Å². The largest absolute Gasteiger partial charge is 0.432 e. The van der Waals surface area contributed by atoms with Gasteiger partial charge in [0.15, 0.2) is 8.32 Å². The van der Waals surface area contributed by atoms with Gasteiger partial charge in [-0.3, -0.25) is 9.59 Å². The van der Waals surface area contributed by atoms with Gasteiger partial charge in [-0.2, -0.15) is 0 Å². The molecule has 1 aromatic carbocycles. The van der Waals surface area contributed by atoms with Crippen molar-refractivity contribution in [2.75, 3.05) is 6.54 Å². The van der Waals surface area contributed by atoms with E-state index < -0.39 is 8.32 Å². The van der Waals surface area contributed by atoms with Gasteiger partial charge >= 0.3 is 0 Å². The van der Waals surface area contributed by atoms with Gasteiger partial charge in [0.1, 0.15) is 5.69 Å². The molecule has 1 heterocycles. The molecule has 0 aliphatic heterocycles.